The summed E-state index contributed by atoms with van der Waals surface area (Å²) in [7, 11) is 0. The summed E-state index contributed by atoms with van der Waals surface area (Å²) in [4.78, 5) is 27.6. The normalized spacial score (nSPS) is 20.0. The van der Waals surface area contributed by atoms with E-state index in [1.54, 1.807) is 0 Å². The van der Waals surface area contributed by atoms with Gasteiger partial charge >= 0.3 is 0 Å². The SMILES string of the molecule is O=C(CCCC1=CCc2ccccc21)c1ccc2c(c1)CC(=O)[C@H]1CCCCN21. The average molecular weight is 386 g/mol. The summed E-state index contributed by atoms with van der Waals surface area (Å²) in [5, 5.41) is 0. The summed E-state index contributed by atoms with van der Waals surface area (Å²) < 4.78 is 0. The summed E-state index contributed by atoms with van der Waals surface area (Å²) >= 11 is 0. The van der Waals surface area contributed by atoms with Crippen LogP contribution in [0.5, 0.6) is 0 Å². The van der Waals surface area contributed by atoms with Crippen molar-refractivity contribution in [2.45, 2.75) is 57.4 Å². The van der Waals surface area contributed by atoms with Gasteiger partial charge in [-0.25, -0.2) is 0 Å². The molecule has 0 unspecified atom stereocenters. The zero-order valence-corrected chi connectivity index (χ0v) is 16.8. The van der Waals surface area contributed by atoms with E-state index in [0.717, 1.165) is 56.2 Å². The maximum absolute atomic E-state index is 12.8. The van der Waals surface area contributed by atoms with Gasteiger partial charge < -0.3 is 4.90 Å². The monoisotopic (exact) mass is 385 g/mol. The topological polar surface area (TPSA) is 37.4 Å². The number of hydrogen-bond donors (Lipinski definition) is 0. The van der Waals surface area contributed by atoms with E-state index in [1.807, 2.05) is 12.1 Å². The smallest absolute Gasteiger partial charge is 0.162 e. The molecule has 1 aliphatic carbocycles. The van der Waals surface area contributed by atoms with Crippen molar-refractivity contribution in [3.05, 3.63) is 70.8 Å². The maximum atomic E-state index is 12.8. The third-order valence-corrected chi connectivity index (χ3v) is 6.73. The first kappa shape index (κ1) is 18.4. The number of carbonyl (C=O) groups excluding carboxylic acids is 2. The summed E-state index contributed by atoms with van der Waals surface area (Å²) in [6, 6.07) is 14.6. The Morgan fingerprint density at radius 3 is 2.90 bits per heavy atom. The Morgan fingerprint density at radius 2 is 1.97 bits per heavy atom. The predicted octanol–water partition coefficient (Wildman–Crippen LogP) is 5.16. The number of rotatable bonds is 5. The second-order valence-electron chi connectivity index (χ2n) is 8.56. The average Bonchev–Trinajstić information content (AvgIpc) is 3.17. The lowest BCUT2D eigenvalue weighted by atomic mass is 9.87. The van der Waals surface area contributed by atoms with E-state index in [4.69, 9.17) is 0 Å². The molecule has 3 nitrogen and oxygen atoms in total. The summed E-state index contributed by atoms with van der Waals surface area (Å²) in [6.07, 6.45) is 9.40. The number of hydrogen-bond acceptors (Lipinski definition) is 3. The third kappa shape index (κ3) is 3.43. The van der Waals surface area contributed by atoms with E-state index in [0.29, 0.717) is 18.6 Å². The van der Waals surface area contributed by atoms with Gasteiger partial charge in [-0.2, -0.15) is 0 Å². The zero-order valence-electron chi connectivity index (χ0n) is 16.8. The Balaban J connectivity index is 1.25. The minimum Gasteiger partial charge on any atom is -0.361 e. The van der Waals surface area contributed by atoms with Gasteiger partial charge in [0.2, 0.25) is 0 Å². The van der Waals surface area contributed by atoms with Crippen LogP contribution in [0.1, 0.15) is 65.6 Å². The molecule has 2 aromatic carbocycles. The molecule has 0 aromatic heterocycles. The molecule has 1 atom stereocenters. The highest BCUT2D eigenvalue weighted by Gasteiger charge is 2.34. The first-order chi connectivity index (χ1) is 14.2. The number of carbonyl (C=O) groups is 2. The van der Waals surface area contributed by atoms with Gasteiger partial charge in [0.15, 0.2) is 11.6 Å². The first-order valence-corrected chi connectivity index (χ1v) is 10.9. The molecule has 0 bridgehead atoms. The lowest BCUT2D eigenvalue weighted by Crippen LogP contribution is -2.48. The molecule has 0 radical (unpaired) electrons. The second-order valence-corrected chi connectivity index (χ2v) is 8.56. The number of piperidine rings is 1. The Kier molecular flexibility index (Phi) is 4.83. The van der Waals surface area contributed by atoms with Gasteiger partial charge in [-0.3, -0.25) is 9.59 Å². The molecule has 148 valence electrons. The zero-order chi connectivity index (χ0) is 19.8. The fourth-order valence-electron chi connectivity index (χ4n) is 5.22. The van der Waals surface area contributed by atoms with E-state index < -0.39 is 0 Å². The minimum atomic E-state index is 0.0559. The maximum Gasteiger partial charge on any atom is 0.162 e. The van der Waals surface area contributed by atoms with Crippen molar-refractivity contribution in [2.24, 2.45) is 0 Å². The van der Waals surface area contributed by atoms with Gasteiger partial charge in [0.05, 0.1) is 6.04 Å². The Morgan fingerprint density at radius 1 is 1.07 bits per heavy atom. The van der Waals surface area contributed by atoms with E-state index in [9.17, 15) is 9.59 Å². The van der Waals surface area contributed by atoms with Crippen LogP contribution < -0.4 is 4.90 Å². The molecule has 0 spiro atoms. The molecule has 3 aliphatic rings. The Hall–Kier alpha value is -2.68. The van der Waals surface area contributed by atoms with Crippen LogP contribution in [0, 0.1) is 0 Å². The fraction of sp³-hybridized carbons (Fsp3) is 0.385. The van der Waals surface area contributed by atoms with Crippen LogP contribution in [-0.4, -0.2) is 24.2 Å². The second kappa shape index (κ2) is 7.62. The number of Topliss-reactive ketones (excluding diaryl/α,β-unsaturated/α-hetero) is 2. The van der Waals surface area contributed by atoms with Gasteiger partial charge in [-0.1, -0.05) is 30.3 Å². The van der Waals surface area contributed by atoms with E-state index in [-0.39, 0.29) is 11.8 Å². The van der Waals surface area contributed by atoms with Gasteiger partial charge in [0, 0.05) is 30.6 Å². The number of benzene rings is 2. The lowest BCUT2D eigenvalue weighted by molar-refractivity contribution is -0.120. The molecule has 1 fully saturated rings. The fourth-order valence-corrected chi connectivity index (χ4v) is 5.22. The Bertz CT molecular complexity index is 1000. The molecule has 2 heterocycles. The minimum absolute atomic E-state index is 0.0559. The van der Waals surface area contributed by atoms with Gasteiger partial charge in [0.25, 0.3) is 0 Å². The largest absolute Gasteiger partial charge is 0.361 e. The van der Waals surface area contributed by atoms with Crippen molar-refractivity contribution in [2.75, 3.05) is 11.4 Å². The highest BCUT2D eigenvalue weighted by atomic mass is 16.1. The van der Waals surface area contributed by atoms with Crippen LogP contribution in [0.15, 0.2) is 48.5 Å². The van der Waals surface area contributed by atoms with Crippen LogP contribution in [-0.2, 0) is 17.6 Å². The number of fused-ring (bicyclic) bond motifs is 4. The highest BCUT2D eigenvalue weighted by Crippen LogP contribution is 2.35. The van der Waals surface area contributed by atoms with Crippen LogP contribution >= 0.6 is 0 Å². The summed E-state index contributed by atoms with van der Waals surface area (Å²) in [6.45, 7) is 0.952. The standard InChI is InChI=1S/C26H27NO2/c28-25(10-5-7-19-12-11-18-6-1-2-8-22(18)19)20-13-14-23-21(16-20)17-26(29)24-9-3-4-15-27(23)24/h1-2,6,8,12-14,16,24H,3-5,7,9-11,15,17H2/t24-/m1/s1. The van der Waals surface area contributed by atoms with E-state index in [2.05, 4.69) is 41.3 Å². The number of ketones is 2. The summed E-state index contributed by atoms with van der Waals surface area (Å²) in [5.41, 5.74) is 7.07. The van der Waals surface area contributed by atoms with Crippen LogP contribution in [0.2, 0.25) is 0 Å². The van der Waals surface area contributed by atoms with E-state index >= 15 is 0 Å². The number of nitrogens with zero attached hydrogens (tertiary/aromatic N) is 1. The molecule has 2 aliphatic heterocycles. The van der Waals surface area contributed by atoms with Crippen molar-refractivity contribution >= 4 is 22.8 Å². The van der Waals surface area contributed by atoms with Gasteiger partial charge in [-0.05, 0) is 79.0 Å². The molecule has 3 heteroatoms. The number of allylic oxidation sites excluding steroid dienone is 2. The number of anilines is 1. The van der Waals surface area contributed by atoms with Gasteiger partial charge in [0.1, 0.15) is 0 Å². The van der Waals surface area contributed by atoms with Gasteiger partial charge in [-0.15, -0.1) is 0 Å². The van der Waals surface area contributed by atoms with E-state index in [1.165, 1.54) is 22.4 Å². The third-order valence-electron chi connectivity index (χ3n) is 6.73. The molecule has 5 rings (SSSR count). The molecule has 0 saturated carbocycles. The van der Waals surface area contributed by atoms with Crippen molar-refractivity contribution < 1.29 is 9.59 Å². The molecular weight excluding hydrogens is 358 g/mol. The van der Waals surface area contributed by atoms with Crippen LogP contribution in [0.4, 0.5) is 5.69 Å². The molecule has 2 aromatic rings. The van der Waals surface area contributed by atoms with Crippen LogP contribution in [0.25, 0.3) is 5.57 Å². The quantitative estimate of drug-likeness (QED) is 0.667. The molecule has 1 saturated heterocycles. The predicted molar refractivity (Wildman–Crippen MR) is 116 cm³/mol. The molecule has 0 amide bonds. The van der Waals surface area contributed by atoms with Crippen molar-refractivity contribution in [1.29, 1.82) is 0 Å². The molecular formula is C26H27NO2. The highest BCUT2D eigenvalue weighted by molar-refractivity contribution is 5.99. The lowest BCUT2D eigenvalue weighted by Gasteiger charge is -2.41. The summed E-state index contributed by atoms with van der Waals surface area (Å²) in [5.74, 6) is 0.501. The van der Waals surface area contributed by atoms with Crippen molar-refractivity contribution in [3.8, 4) is 0 Å². The van der Waals surface area contributed by atoms with Crippen molar-refractivity contribution in [3.63, 3.8) is 0 Å². The Labute approximate surface area is 172 Å². The van der Waals surface area contributed by atoms with Crippen molar-refractivity contribution in [1.82, 2.24) is 0 Å². The first-order valence-electron chi connectivity index (χ1n) is 10.9. The molecule has 0 N–H and O–H groups in total. The molecule has 29 heavy (non-hydrogen) atoms. The van der Waals surface area contributed by atoms with Crippen LogP contribution in [0.3, 0.4) is 0 Å².